The van der Waals surface area contributed by atoms with Gasteiger partial charge >= 0.3 is 5.97 Å². The number of nitrogens with zero attached hydrogens (tertiary/aromatic N) is 2. The first-order chi connectivity index (χ1) is 8.08. The van der Waals surface area contributed by atoms with Crippen molar-refractivity contribution in [2.45, 2.75) is 13.3 Å². The second-order valence-corrected chi connectivity index (χ2v) is 3.03. The van der Waals surface area contributed by atoms with Gasteiger partial charge in [-0.15, -0.1) is 5.06 Å². The van der Waals surface area contributed by atoms with Crippen molar-refractivity contribution in [2.75, 3.05) is 5.73 Å². The second-order valence-electron chi connectivity index (χ2n) is 3.03. The van der Waals surface area contributed by atoms with Gasteiger partial charge in [0.05, 0.1) is 5.56 Å². The first-order valence-corrected chi connectivity index (χ1v) is 4.79. The minimum absolute atomic E-state index is 0.0476. The Morgan fingerprint density at radius 1 is 1.53 bits per heavy atom. The van der Waals surface area contributed by atoms with Crippen LogP contribution in [0.3, 0.4) is 0 Å². The van der Waals surface area contributed by atoms with Crippen molar-refractivity contribution in [3.8, 4) is 0 Å². The van der Waals surface area contributed by atoms with Gasteiger partial charge in [0.15, 0.2) is 0 Å². The van der Waals surface area contributed by atoms with Gasteiger partial charge in [-0.3, -0.25) is 9.59 Å². The summed E-state index contributed by atoms with van der Waals surface area (Å²) in [6, 6.07) is 2.79. The molecule has 7 heteroatoms. The quantitative estimate of drug-likeness (QED) is 0.592. The average Bonchev–Trinajstić information content (AvgIpc) is 2.35. The van der Waals surface area contributed by atoms with Crippen molar-refractivity contribution in [3.63, 3.8) is 0 Å². The molecule has 2 amide bonds. The largest absolute Gasteiger partial charge is 0.384 e. The summed E-state index contributed by atoms with van der Waals surface area (Å²) >= 11 is 0. The van der Waals surface area contributed by atoms with Gasteiger partial charge in [-0.05, 0) is 12.1 Å². The maximum absolute atomic E-state index is 11.5. The molecule has 0 saturated heterocycles. The van der Waals surface area contributed by atoms with E-state index in [0.29, 0.717) is 5.06 Å². The minimum Gasteiger partial charge on any atom is -0.384 e. The number of rotatable bonds is 3. The summed E-state index contributed by atoms with van der Waals surface area (Å²) in [7, 11) is 0. The van der Waals surface area contributed by atoms with Crippen LogP contribution in [-0.2, 0) is 14.4 Å². The SMILES string of the molecule is CCC(=O)N(C=O)OC(=O)c1ccc(N)nc1. The predicted octanol–water partition coefficient (Wildman–Crippen LogP) is 0.131. The highest BCUT2D eigenvalue weighted by atomic mass is 16.7. The minimum atomic E-state index is -0.855. The van der Waals surface area contributed by atoms with Gasteiger partial charge < -0.3 is 10.6 Å². The molecule has 17 heavy (non-hydrogen) atoms. The van der Waals surface area contributed by atoms with E-state index >= 15 is 0 Å². The van der Waals surface area contributed by atoms with E-state index in [0.717, 1.165) is 0 Å². The van der Waals surface area contributed by atoms with Crippen molar-refractivity contribution in [2.24, 2.45) is 0 Å². The fourth-order valence-corrected chi connectivity index (χ4v) is 0.955. The Bertz CT molecular complexity index is 430. The van der Waals surface area contributed by atoms with E-state index in [1.807, 2.05) is 0 Å². The van der Waals surface area contributed by atoms with Crippen LogP contribution in [0, 0.1) is 0 Å². The van der Waals surface area contributed by atoms with E-state index in [-0.39, 0.29) is 24.2 Å². The van der Waals surface area contributed by atoms with E-state index in [2.05, 4.69) is 9.82 Å². The fourth-order valence-electron chi connectivity index (χ4n) is 0.955. The number of hydrogen-bond acceptors (Lipinski definition) is 6. The maximum Gasteiger partial charge on any atom is 0.365 e. The van der Waals surface area contributed by atoms with E-state index in [1.54, 1.807) is 0 Å². The number of carbonyl (C=O) groups excluding carboxylic acids is 3. The Hall–Kier alpha value is -2.44. The highest BCUT2D eigenvalue weighted by Gasteiger charge is 2.17. The second kappa shape index (κ2) is 5.59. The molecule has 0 aliphatic heterocycles. The molecule has 0 atom stereocenters. The lowest BCUT2D eigenvalue weighted by Crippen LogP contribution is -2.31. The molecule has 1 heterocycles. The first-order valence-electron chi connectivity index (χ1n) is 4.79. The van der Waals surface area contributed by atoms with Crippen LogP contribution in [-0.4, -0.2) is 28.3 Å². The molecule has 2 N–H and O–H groups in total. The molecule has 0 aliphatic rings. The Balaban J connectivity index is 2.74. The number of pyridine rings is 1. The summed E-state index contributed by atoms with van der Waals surface area (Å²) in [5.41, 5.74) is 5.43. The smallest absolute Gasteiger partial charge is 0.365 e. The van der Waals surface area contributed by atoms with Crippen LogP contribution >= 0.6 is 0 Å². The Kier molecular flexibility index (Phi) is 4.15. The number of nitrogens with two attached hydrogens (primary N) is 1. The van der Waals surface area contributed by atoms with Crippen LogP contribution in [0.5, 0.6) is 0 Å². The van der Waals surface area contributed by atoms with Gasteiger partial charge in [0.25, 0.3) is 12.3 Å². The van der Waals surface area contributed by atoms with Gasteiger partial charge in [-0.2, -0.15) is 0 Å². The van der Waals surface area contributed by atoms with Gasteiger partial charge in [-0.1, -0.05) is 6.92 Å². The molecule has 0 aliphatic carbocycles. The molecule has 1 rings (SSSR count). The molecule has 7 nitrogen and oxygen atoms in total. The molecular weight excluding hydrogens is 226 g/mol. The zero-order valence-corrected chi connectivity index (χ0v) is 9.12. The van der Waals surface area contributed by atoms with Crippen LogP contribution in [0.1, 0.15) is 23.7 Å². The van der Waals surface area contributed by atoms with E-state index < -0.39 is 11.9 Å². The Labute approximate surface area is 97.1 Å². The summed E-state index contributed by atoms with van der Waals surface area (Å²) < 4.78 is 0. The fraction of sp³-hybridized carbons (Fsp3) is 0.200. The first kappa shape index (κ1) is 12.6. The third-order valence-corrected chi connectivity index (χ3v) is 1.85. The average molecular weight is 237 g/mol. The van der Waals surface area contributed by atoms with Gasteiger partial charge in [0, 0.05) is 12.6 Å². The molecule has 0 saturated carbocycles. The Morgan fingerprint density at radius 3 is 2.71 bits per heavy atom. The Morgan fingerprint density at radius 2 is 2.24 bits per heavy atom. The standard InChI is InChI=1S/C10H11N3O4/c1-2-9(15)13(6-14)17-10(16)7-3-4-8(11)12-5-7/h3-6H,2H2,1H3,(H2,11,12). The number of nitrogen functional groups attached to an aromatic ring is 1. The molecule has 1 aromatic heterocycles. The summed E-state index contributed by atoms with van der Waals surface area (Å²) in [4.78, 5) is 41.4. The molecule has 90 valence electrons. The third kappa shape index (κ3) is 3.26. The monoisotopic (exact) mass is 237 g/mol. The van der Waals surface area contributed by atoms with E-state index in [4.69, 9.17) is 5.73 Å². The molecule has 0 aromatic carbocycles. The zero-order chi connectivity index (χ0) is 12.8. The molecule has 0 unspecified atom stereocenters. The van der Waals surface area contributed by atoms with Crippen molar-refractivity contribution in [1.82, 2.24) is 10.0 Å². The lowest BCUT2D eigenvalue weighted by Gasteiger charge is -2.12. The lowest BCUT2D eigenvalue weighted by atomic mass is 10.3. The number of anilines is 1. The number of hydrogen-bond donors (Lipinski definition) is 1. The van der Waals surface area contributed by atoms with E-state index in [1.165, 1.54) is 25.3 Å². The van der Waals surface area contributed by atoms with Gasteiger partial charge in [-0.25, -0.2) is 9.78 Å². The van der Waals surface area contributed by atoms with Crippen molar-refractivity contribution in [1.29, 1.82) is 0 Å². The van der Waals surface area contributed by atoms with E-state index in [9.17, 15) is 14.4 Å². The van der Waals surface area contributed by atoms with Crippen molar-refractivity contribution < 1.29 is 19.2 Å². The summed E-state index contributed by atoms with van der Waals surface area (Å²) in [6.45, 7) is 1.54. The summed E-state index contributed by atoms with van der Waals surface area (Å²) in [5.74, 6) is -1.22. The van der Waals surface area contributed by atoms with Crippen molar-refractivity contribution in [3.05, 3.63) is 23.9 Å². The van der Waals surface area contributed by atoms with Crippen molar-refractivity contribution >= 4 is 24.1 Å². The molecular formula is C10H11N3O4. The number of aromatic nitrogens is 1. The topological polar surface area (TPSA) is 103 Å². The summed E-state index contributed by atoms with van der Waals surface area (Å²) in [5, 5.41) is 0.346. The molecule has 1 aromatic rings. The molecule has 0 spiro atoms. The normalized spacial score (nSPS) is 9.47. The number of imide groups is 1. The number of carbonyl (C=O) groups is 3. The van der Waals surface area contributed by atoms with Crippen LogP contribution in [0.4, 0.5) is 5.82 Å². The maximum atomic E-state index is 11.5. The highest BCUT2D eigenvalue weighted by Crippen LogP contribution is 2.05. The lowest BCUT2D eigenvalue weighted by molar-refractivity contribution is -0.171. The van der Waals surface area contributed by atoms with Crippen LogP contribution in [0.15, 0.2) is 18.3 Å². The van der Waals surface area contributed by atoms with Gasteiger partial charge in [0.1, 0.15) is 5.82 Å². The predicted molar refractivity (Wildman–Crippen MR) is 57.3 cm³/mol. The van der Waals surface area contributed by atoms with Crippen LogP contribution < -0.4 is 5.73 Å². The third-order valence-electron chi connectivity index (χ3n) is 1.85. The molecule has 0 radical (unpaired) electrons. The number of amides is 2. The highest BCUT2D eigenvalue weighted by molar-refractivity contribution is 5.92. The molecule has 0 fully saturated rings. The van der Waals surface area contributed by atoms with Crippen LogP contribution in [0.2, 0.25) is 0 Å². The number of hydroxylamine groups is 2. The summed E-state index contributed by atoms with van der Waals surface area (Å²) in [6.07, 6.45) is 1.37. The van der Waals surface area contributed by atoms with Gasteiger partial charge in [0.2, 0.25) is 0 Å². The van der Waals surface area contributed by atoms with Crippen LogP contribution in [0.25, 0.3) is 0 Å². The zero-order valence-electron chi connectivity index (χ0n) is 9.12. The molecule has 0 bridgehead atoms.